The van der Waals surface area contributed by atoms with Crippen molar-refractivity contribution in [1.29, 1.82) is 0 Å². The SMILES string of the molecule is COc1cccc(NC2=NCCC2)c1Br. The van der Waals surface area contributed by atoms with E-state index in [0.717, 1.165) is 41.1 Å². The fourth-order valence-electron chi connectivity index (χ4n) is 1.56. The summed E-state index contributed by atoms with van der Waals surface area (Å²) in [6.07, 6.45) is 2.17. The van der Waals surface area contributed by atoms with Crippen LogP contribution >= 0.6 is 15.9 Å². The summed E-state index contributed by atoms with van der Waals surface area (Å²) in [5, 5.41) is 3.31. The number of benzene rings is 1. The van der Waals surface area contributed by atoms with Crippen LogP contribution in [-0.2, 0) is 0 Å². The van der Waals surface area contributed by atoms with Gasteiger partial charge in [0.05, 0.1) is 17.3 Å². The van der Waals surface area contributed by atoms with Gasteiger partial charge in [0, 0.05) is 13.0 Å². The molecule has 0 aromatic heterocycles. The Morgan fingerprint density at radius 3 is 3.00 bits per heavy atom. The van der Waals surface area contributed by atoms with Gasteiger partial charge in [0.2, 0.25) is 0 Å². The second-order valence-electron chi connectivity index (χ2n) is 3.38. The second kappa shape index (κ2) is 4.66. The molecule has 0 aliphatic carbocycles. The van der Waals surface area contributed by atoms with Crippen LogP contribution in [0.15, 0.2) is 27.7 Å². The predicted molar refractivity (Wildman–Crippen MR) is 65.9 cm³/mol. The number of anilines is 1. The molecule has 1 aromatic carbocycles. The molecule has 0 bridgehead atoms. The maximum Gasteiger partial charge on any atom is 0.135 e. The van der Waals surface area contributed by atoms with Crippen LogP contribution in [0.25, 0.3) is 0 Å². The summed E-state index contributed by atoms with van der Waals surface area (Å²) in [6, 6.07) is 5.89. The Balaban J connectivity index is 2.20. The minimum atomic E-state index is 0.832. The number of hydrogen-bond donors (Lipinski definition) is 1. The minimum Gasteiger partial charge on any atom is -0.495 e. The number of nitrogens with one attached hydrogen (secondary N) is 1. The van der Waals surface area contributed by atoms with Gasteiger partial charge in [0.15, 0.2) is 0 Å². The average molecular weight is 269 g/mol. The third kappa shape index (κ3) is 2.31. The van der Waals surface area contributed by atoms with E-state index in [0.29, 0.717) is 0 Å². The highest BCUT2D eigenvalue weighted by Gasteiger charge is 2.10. The van der Waals surface area contributed by atoms with Crippen LogP contribution in [0.1, 0.15) is 12.8 Å². The number of rotatable bonds is 2. The third-order valence-corrected chi connectivity index (χ3v) is 3.15. The van der Waals surface area contributed by atoms with Gasteiger partial charge in [-0.25, -0.2) is 0 Å². The van der Waals surface area contributed by atoms with Crippen LogP contribution in [0.5, 0.6) is 5.75 Å². The van der Waals surface area contributed by atoms with Gasteiger partial charge in [-0.15, -0.1) is 0 Å². The topological polar surface area (TPSA) is 33.6 Å². The molecule has 0 atom stereocenters. The van der Waals surface area contributed by atoms with Crippen molar-refractivity contribution in [2.75, 3.05) is 19.0 Å². The van der Waals surface area contributed by atoms with Crippen molar-refractivity contribution in [3.05, 3.63) is 22.7 Å². The lowest BCUT2D eigenvalue weighted by Gasteiger charge is -2.10. The lowest BCUT2D eigenvalue weighted by atomic mass is 10.3. The highest BCUT2D eigenvalue weighted by atomic mass is 79.9. The number of ether oxygens (including phenoxy) is 1. The molecule has 0 unspecified atom stereocenters. The number of aliphatic imine (C=N–C) groups is 1. The second-order valence-corrected chi connectivity index (χ2v) is 4.17. The molecule has 3 nitrogen and oxygen atoms in total. The number of halogens is 1. The van der Waals surface area contributed by atoms with E-state index in [-0.39, 0.29) is 0 Å². The zero-order chi connectivity index (χ0) is 10.7. The molecule has 15 heavy (non-hydrogen) atoms. The van der Waals surface area contributed by atoms with Gasteiger partial charge >= 0.3 is 0 Å². The Morgan fingerprint density at radius 1 is 1.47 bits per heavy atom. The molecular formula is C11H13BrN2O. The normalized spacial score (nSPS) is 14.9. The van der Waals surface area contributed by atoms with Gasteiger partial charge in [-0.1, -0.05) is 6.07 Å². The molecule has 4 heteroatoms. The van der Waals surface area contributed by atoms with Crippen molar-refractivity contribution in [2.45, 2.75) is 12.8 Å². The summed E-state index contributed by atoms with van der Waals surface area (Å²) in [7, 11) is 1.66. The monoisotopic (exact) mass is 268 g/mol. The molecule has 0 saturated carbocycles. The molecule has 1 heterocycles. The van der Waals surface area contributed by atoms with Gasteiger partial charge in [-0.3, -0.25) is 4.99 Å². The van der Waals surface area contributed by atoms with E-state index < -0.39 is 0 Å². The average Bonchev–Trinajstić information content (AvgIpc) is 2.74. The molecule has 0 amide bonds. The quantitative estimate of drug-likeness (QED) is 0.895. The Kier molecular flexibility index (Phi) is 3.26. The first-order chi connectivity index (χ1) is 7.31. The van der Waals surface area contributed by atoms with Crippen molar-refractivity contribution >= 4 is 27.5 Å². The van der Waals surface area contributed by atoms with E-state index >= 15 is 0 Å². The first-order valence-electron chi connectivity index (χ1n) is 4.94. The summed E-state index contributed by atoms with van der Waals surface area (Å²) >= 11 is 3.51. The van der Waals surface area contributed by atoms with Gasteiger partial charge in [0.25, 0.3) is 0 Å². The Morgan fingerprint density at radius 2 is 2.33 bits per heavy atom. The Hall–Kier alpha value is -1.03. The summed E-state index contributed by atoms with van der Waals surface area (Å²) in [6.45, 7) is 0.934. The highest BCUT2D eigenvalue weighted by molar-refractivity contribution is 9.10. The molecule has 2 rings (SSSR count). The molecule has 1 aliphatic rings. The molecule has 1 aromatic rings. The lowest BCUT2D eigenvalue weighted by Crippen LogP contribution is -2.08. The summed E-state index contributed by atoms with van der Waals surface area (Å²) in [4.78, 5) is 4.37. The van der Waals surface area contributed by atoms with E-state index in [9.17, 15) is 0 Å². The molecule has 0 spiro atoms. The van der Waals surface area contributed by atoms with Crippen LogP contribution < -0.4 is 10.1 Å². The number of amidine groups is 1. The summed E-state index contributed by atoms with van der Waals surface area (Å²) < 4.78 is 6.17. The number of methoxy groups -OCH3 is 1. The first-order valence-corrected chi connectivity index (χ1v) is 5.73. The molecule has 0 radical (unpaired) electrons. The van der Waals surface area contributed by atoms with Crippen molar-refractivity contribution in [3.63, 3.8) is 0 Å². The van der Waals surface area contributed by atoms with E-state index in [1.54, 1.807) is 7.11 Å². The standard InChI is InChI=1S/C11H13BrN2O/c1-15-9-5-2-4-8(11(9)12)14-10-6-3-7-13-10/h2,4-5H,3,6-7H2,1H3,(H,13,14). The van der Waals surface area contributed by atoms with E-state index in [1.165, 1.54) is 0 Å². The Bertz CT molecular complexity index is 390. The molecule has 1 aliphatic heterocycles. The van der Waals surface area contributed by atoms with E-state index in [1.807, 2.05) is 18.2 Å². The van der Waals surface area contributed by atoms with Crippen LogP contribution in [0.4, 0.5) is 5.69 Å². The minimum absolute atomic E-state index is 0.832. The predicted octanol–water partition coefficient (Wildman–Crippen LogP) is 3.06. The molecular weight excluding hydrogens is 256 g/mol. The fourth-order valence-corrected chi connectivity index (χ4v) is 2.09. The fraction of sp³-hybridized carbons (Fsp3) is 0.364. The molecule has 0 saturated heterocycles. The largest absolute Gasteiger partial charge is 0.495 e. The first kappa shape index (κ1) is 10.5. The van der Waals surface area contributed by atoms with Crippen LogP contribution in [-0.4, -0.2) is 19.5 Å². The van der Waals surface area contributed by atoms with Gasteiger partial charge < -0.3 is 10.1 Å². The van der Waals surface area contributed by atoms with E-state index in [2.05, 4.69) is 26.2 Å². The van der Waals surface area contributed by atoms with Crippen molar-refractivity contribution in [3.8, 4) is 5.75 Å². The zero-order valence-electron chi connectivity index (χ0n) is 8.59. The van der Waals surface area contributed by atoms with Gasteiger partial charge in [-0.05, 0) is 34.5 Å². The van der Waals surface area contributed by atoms with Gasteiger partial charge in [0.1, 0.15) is 11.6 Å². The third-order valence-electron chi connectivity index (χ3n) is 2.34. The van der Waals surface area contributed by atoms with Crippen LogP contribution in [0.2, 0.25) is 0 Å². The molecule has 0 fully saturated rings. The smallest absolute Gasteiger partial charge is 0.135 e. The maximum atomic E-state index is 5.22. The van der Waals surface area contributed by atoms with Gasteiger partial charge in [-0.2, -0.15) is 0 Å². The summed E-state index contributed by atoms with van der Waals surface area (Å²) in [5.74, 6) is 1.89. The Labute approximate surface area is 97.7 Å². The highest BCUT2D eigenvalue weighted by Crippen LogP contribution is 2.32. The van der Waals surface area contributed by atoms with E-state index in [4.69, 9.17) is 4.74 Å². The van der Waals surface area contributed by atoms with Crippen molar-refractivity contribution < 1.29 is 4.74 Å². The van der Waals surface area contributed by atoms with Crippen LogP contribution in [0.3, 0.4) is 0 Å². The maximum absolute atomic E-state index is 5.22. The molecule has 1 N–H and O–H groups in total. The molecule has 80 valence electrons. The summed E-state index contributed by atoms with van der Waals surface area (Å²) in [5.41, 5.74) is 1.01. The number of nitrogens with zero attached hydrogens (tertiary/aromatic N) is 1. The zero-order valence-corrected chi connectivity index (χ0v) is 10.2. The van der Waals surface area contributed by atoms with Crippen molar-refractivity contribution in [2.24, 2.45) is 4.99 Å². The number of hydrogen-bond acceptors (Lipinski definition) is 3. The van der Waals surface area contributed by atoms with Crippen LogP contribution in [0, 0.1) is 0 Å². The lowest BCUT2D eigenvalue weighted by molar-refractivity contribution is 0.412. The van der Waals surface area contributed by atoms with Crippen molar-refractivity contribution in [1.82, 2.24) is 0 Å².